The van der Waals surface area contributed by atoms with E-state index < -0.39 is 10.5 Å². The molecule has 0 radical (unpaired) electrons. The summed E-state index contributed by atoms with van der Waals surface area (Å²) in [5.74, 6) is 0. The Morgan fingerprint density at radius 2 is 1.83 bits per heavy atom. The molecule has 0 spiro atoms. The zero-order valence-corrected chi connectivity index (χ0v) is 7.08. The first-order valence-electron chi connectivity index (χ1n) is 3.32. The molecule has 0 heterocycles. The van der Waals surface area contributed by atoms with Crippen LogP contribution in [-0.2, 0) is 17.0 Å². The lowest BCUT2D eigenvalue weighted by molar-refractivity contribution is 0.622. The average molecular weight is 184 g/mol. The number of nitrogens with two attached hydrogens (primary N) is 1. The summed E-state index contributed by atoms with van der Waals surface area (Å²) >= 11 is 0. The smallest absolute Gasteiger partial charge is 0.316 e. The second-order valence-electron chi connectivity index (χ2n) is 2.18. The monoisotopic (exact) mass is 184 g/mol. The topological polar surface area (TPSA) is 72.5 Å². The molecule has 1 aromatic carbocycles. The fourth-order valence-corrected chi connectivity index (χ4v) is 1.07. The molecule has 5 heteroatoms. The van der Waals surface area contributed by atoms with E-state index in [0.29, 0.717) is 12.2 Å². The highest BCUT2D eigenvalue weighted by Crippen LogP contribution is 2.11. The molecule has 0 atom stereocenters. The Balaban J connectivity index is 3.00. The number of benzene rings is 1. The molecule has 0 aromatic heterocycles. The van der Waals surface area contributed by atoms with Gasteiger partial charge < -0.3 is 5.73 Å². The van der Waals surface area contributed by atoms with E-state index in [-0.39, 0.29) is 0 Å². The summed E-state index contributed by atoms with van der Waals surface area (Å²) in [6.07, 6.45) is 0. The van der Waals surface area contributed by atoms with Crippen LogP contribution in [0.4, 0.5) is 5.69 Å². The summed E-state index contributed by atoms with van der Waals surface area (Å²) in [7, 11) is -2.38. The van der Waals surface area contributed by atoms with Crippen molar-refractivity contribution in [2.45, 2.75) is 6.54 Å². The Hall–Kier alpha value is -1.20. The summed E-state index contributed by atoms with van der Waals surface area (Å²) in [5, 5.41) is 0. The summed E-state index contributed by atoms with van der Waals surface area (Å²) < 4.78 is 23.6. The van der Waals surface area contributed by atoms with Gasteiger partial charge >= 0.3 is 10.5 Å². The van der Waals surface area contributed by atoms with Gasteiger partial charge in [-0.25, -0.2) is 0 Å². The van der Waals surface area contributed by atoms with Gasteiger partial charge in [0.1, 0.15) is 0 Å². The second-order valence-corrected chi connectivity index (χ2v) is 2.80. The van der Waals surface area contributed by atoms with Crippen molar-refractivity contribution >= 4 is 16.2 Å². The van der Waals surface area contributed by atoms with Gasteiger partial charge in [0, 0.05) is 6.54 Å². The van der Waals surface area contributed by atoms with Crippen molar-refractivity contribution < 1.29 is 8.42 Å². The van der Waals surface area contributed by atoms with Gasteiger partial charge in [-0.05, 0) is 17.7 Å². The largest absolute Gasteiger partial charge is 0.326 e. The molecular weight excluding hydrogens is 176 g/mol. The summed E-state index contributed by atoms with van der Waals surface area (Å²) in [4.78, 5) is 0. The molecule has 2 N–H and O–H groups in total. The van der Waals surface area contributed by atoms with Crippen molar-refractivity contribution in [1.29, 1.82) is 0 Å². The minimum absolute atomic E-state index is 0.417. The molecule has 0 aliphatic heterocycles. The number of hydrogen-bond acceptors (Lipinski definition) is 4. The molecule has 1 aromatic rings. The molecule has 4 nitrogen and oxygen atoms in total. The molecule has 1 rings (SSSR count). The molecule has 0 amide bonds. The maximum absolute atomic E-state index is 10.1. The molecular formula is C7H8N2O2S. The van der Waals surface area contributed by atoms with Gasteiger partial charge in [-0.1, -0.05) is 12.1 Å². The zero-order chi connectivity index (χ0) is 8.97. The molecule has 12 heavy (non-hydrogen) atoms. The number of rotatable bonds is 2. The SMILES string of the molecule is NCc1ccc(N=S(=O)=O)cc1. The lowest BCUT2D eigenvalue weighted by atomic mass is 10.2. The molecule has 0 bridgehead atoms. The van der Waals surface area contributed by atoms with Crippen LogP contribution in [0.25, 0.3) is 0 Å². The average Bonchev–Trinajstić information content (AvgIpc) is 2.05. The predicted molar refractivity (Wildman–Crippen MR) is 45.3 cm³/mol. The fourth-order valence-electron chi connectivity index (χ4n) is 0.779. The third-order valence-corrected chi connectivity index (χ3v) is 1.71. The Labute approximate surface area is 71.7 Å². The van der Waals surface area contributed by atoms with E-state index in [2.05, 4.69) is 4.36 Å². The van der Waals surface area contributed by atoms with E-state index in [1.54, 1.807) is 24.3 Å². The van der Waals surface area contributed by atoms with Crippen LogP contribution in [-0.4, -0.2) is 8.42 Å². The molecule has 64 valence electrons. The number of nitrogens with zero attached hydrogens (tertiary/aromatic N) is 1. The van der Waals surface area contributed by atoms with Crippen LogP contribution in [0.15, 0.2) is 28.6 Å². The fraction of sp³-hybridized carbons (Fsp3) is 0.143. The van der Waals surface area contributed by atoms with E-state index >= 15 is 0 Å². The van der Waals surface area contributed by atoms with E-state index in [1.165, 1.54) is 0 Å². The van der Waals surface area contributed by atoms with Gasteiger partial charge in [-0.3, -0.25) is 0 Å². The first-order valence-corrected chi connectivity index (χ1v) is 4.35. The normalized spacial score (nSPS) is 9.42. The van der Waals surface area contributed by atoms with Gasteiger partial charge in [0.05, 0.1) is 5.69 Å². The maximum Gasteiger partial charge on any atom is 0.316 e. The van der Waals surface area contributed by atoms with E-state index in [9.17, 15) is 8.42 Å². The van der Waals surface area contributed by atoms with Crippen LogP contribution in [0.2, 0.25) is 0 Å². The van der Waals surface area contributed by atoms with Crippen molar-refractivity contribution in [3.8, 4) is 0 Å². The Bertz CT molecular complexity index is 372. The van der Waals surface area contributed by atoms with Crippen molar-refractivity contribution in [2.75, 3.05) is 0 Å². The third-order valence-electron chi connectivity index (χ3n) is 1.35. The maximum atomic E-state index is 10.1. The lowest BCUT2D eigenvalue weighted by Gasteiger charge is -1.94. The van der Waals surface area contributed by atoms with E-state index in [1.807, 2.05) is 0 Å². The Morgan fingerprint density at radius 1 is 1.25 bits per heavy atom. The third kappa shape index (κ3) is 2.44. The van der Waals surface area contributed by atoms with Gasteiger partial charge in [0.25, 0.3) is 0 Å². The standard InChI is InChI=1S/C7H8N2O2S/c8-5-6-1-3-7(4-2-6)9-12(10)11/h1-4H,5,8H2. The highest BCUT2D eigenvalue weighted by molar-refractivity contribution is 7.61. The Kier molecular flexibility index (Phi) is 2.95. The van der Waals surface area contributed by atoms with E-state index in [4.69, 9.17) is 5.73 Å². The first kappa shape index (κ1) is 8.89. The van der Waals surface area contributed by atoms with Gasteiger partial charge in [0.2, 0.25) is 0 Å². The zero-order valence-electron chi connectivity index (χ0n) is 6.27. The first-order chi connectivity index (χ1) is 5.72. The minimum Gasteiger partial charge on any atom is -0.326 e. The van der Waals surface area contributed by atoms with Crippen molar-refractivity contribution in [1.82, 2.24) is 0 Å². The molecule has 0 aliphatic rings. The molecule has 0 unspecified atom stereocenters. The van der Waals surface area contributed by atoms with Crippen LogP contribution in [0.3, 0.4) is 0 Å². The molecule has 0 aliphatic carbocycles. The van der Waals surface area contributed by atoms with E-state index in [0.717, 1.165) is 5.56 Å². The van der Waals surface area contributed by atoms with Gasteiger partial charge in [-0.2, -0.15) is 8.42 Å². The molecule has 0 fully saturated rings. The van der Waals surface area contributed by atoms with Crippen LogP contribution in [0.1, 0.15) is 5.56 Å². The highest BCUT2D eigenvalue weighted by atomic mass is 32.2. The molecule has 0 saturated carbocycles. The predicted octanol–water partition coefficient (Wildman–Crippen LogP) is 0.840. The van der Waals surface area contributed by atoms with Crippen LogP contribution >= 0.6 is 0 Å². The lowest BCUT2D eigenvalue weighted by Crippen LogP contribution is -1.94. The quantitative estimate of drug-likeness (QED) is 0.740. The van der Waals surface area contributed by atoms with Crippen LogP contribution < -0.4 is 5.73 Å². The van der Waals surface area contributed by atoms with Crippen molar-refractivity contribution in [2.24, 2.45) is 10.1 Å². The highest BCUT2D eigenvalue weighted by Gasteiger charge is 1.90. The van der Waals surface area contributed by atoms with Gasteiger partial charge in [-0.15, -0.1) is 4.36 Å². The molecule has 0 saturated heterocycles. The van der Waals surface area contributed by atoms with Gasteiger partial charge in [0.15, 0.2) is 0 Å². The second kappa shape index (κ2) is 3.99. The van der Waals surface area contributed by atoms with Crippen LogP contribution in [0.5, 0.6) is 0 Å². The summed E-state index contributed by atoms with van der Waals surface area (Å²) in [6, 6.07) is 6.70. The summed E-state index contributed by atoms with van der Waals surface area (Å²) in [6.45, 7) is 0.445. The Morgan fingerprint density at radius 3 is 2.25 bits per heavy atom. The minimum atomic E-state index is -2.38. The summed E-state index contributed by atoms with van der Waals surface area (Å²) in [5.41, 5.74) is 6.72. The number of hydrogen-bond donors (Lipinski definition) is 1. The van der Waals surface area contributed by atoms with Crippen LogP contribution in [0, 0.1) is 0 Å². The van der Waals surface area contributed by atoms with Crippen molar-refractivity contribution in [3.05, 3.63) is 29.8 Å². The van der Waals surface area contributed by atoms with Crippen molar-refractivity contribution in [3.63, 3.8) is 0 Å².